The highest BCUT2D eigenvalue weighted by atomic mass is 32.1. The molecule has 0 fully saturated rings. The van der Waals surface area contributed by atoms with Crippen LogP contribution in [0.15, 0.2) is 113 Å². The van der Waals surface area contributed by atoms with E-state index in [1.165, 1.54) is 16.7 Å². The quantitative estimate of drug-likeness (QED) is 0.0811. The fourth-order valence-corrected chi connectivity index (χ4v) is 6.59. The van der Waals surface area contributed by atoms with E-state index in [2.05, 4.69) is 11.6 Å². The minimum Gasteiger partial charge on any atom is -0.497 e. The van der Waals surface area contributed by atoms with Crippen LogP contribution in [0.2, 0.25) is 0 Å². The van der Waals surface area contributed by atoms with Gasteiger partial charge in [-0.3, -0.25) is 19.5 Å². The molecule has 1 aliphatic heterocycles. The number of hydrogen-bond acceptors (Lipinski definition) is 10. The Balaban J connectivity index is 1.55. The Bertz CT molecular complexity index is 2290. The summed E-state index contributed by atoms with van der Waals surface area (Å²) in [6, 6.07) is 20.3. The van der Waals surface area contributed by atoms with E-state index in [-0.39, 0.29) is 35.8 Å². The molecule has 12 nitrogen and oxygen atoms in total. The Morgan fingerprint density at radius 2 is 1.88 bits per heavy atom. The molecule has 0 N–H and O–H groups in total. The second-order valence-electron chi connectivity index (χ2n) is 10.8. The van der Waals surface area contributed by atoms with E-state index >= 15 is 0 Å². The van der Waals surface area contributed by atoms with Crippen LogP contribution in [-0.2, 0) is 9.53 Å². The summed E-state index contributed by atoms with van der Waals surface area (Å²) in [5, 5.41) is 16.8. The molecule has 0 bridgehead atoms. The molecule has 248 valence electrons. The van der Waals surface area contributed by atoms with Crippen LogP contribution in [0.25, 0.3) is 23.0 Å². The highest BCUT2D eigenvalue weighted by molar-refractivity contribution is 7.07. The molecule has 1 aliphatic rings. The lowest BCUT2D eigenvalue weighted by atomic mass is 9.96. The monoisotopic (exact) mass is 677 g/mol. The van der Waals surface area contributed by atoms with E-state index < -0.39 is 16.9 Å². The molecular weight excluding hydrogens is 646 g/mol. The van der Waals surface area contributed by atoms with Crippen molar-refractivity contribution in [2.45, 2.75) is 19.9 Å². The number of methoxy groups -OCH3 is 1. The van der Waals surface area contributed by atoms with Gasteiger partial charge in [0.2, 0.25) is 0 Å². The summed E-state index contributed by atoms with van der Waals surface area (Å²) in [4.78, 5) is 44.2. The number of esters is 1. The second-order valence-corrected chi connectivity index (χ2v) is 11.8. The number of nitro benzene ring substituents is 1. The molecule has 0 unspecified atom stereocenters. The predicted octanol–water partition coefficient (Wildman–Crippen LogP) is 5.13. The molecule has 5 aromatic rings. The van der Waals surface area contributed by atoms with E-state index in [9.17, 15) is 19.7 Å². The zero-order chi connectivity index (χ0) is 34.7. The van der Waals surface area contributed by atoms with Crippen molar-refractivity contribution in [3.05, 3.63) is 144 Å². The van der Waals surface area contributed by atoms with Crippen LogP contribution in [0.3, 0.4) is 0 Å². The standard InChI is InChI=1S/C36H31N5O7S/c1-5-18-48-35(43)31-22(3)37-36-40(33(31)23-12-15-27(46-4)16-13-23)34(42)30(49-36)20-25-21-39(26-10-8-7-9-11-26)38-32(25)24-14-17-29(47-6-2)28(19-24)41(44)45/h5,7-17,19-21,33H,1,6,18H2,2-4H3/b30-20-/t33-/m1/s1. The Morgan fingerprint density at radius 3 is 2.55 bits per heavy atom. The molecule has 0 spiro atoms. The Labute approximate surface area is 284 Å². The number of rotatable bonds is 11. The van der Waals surface area contributed by atoms with Crippen molar-refractivity contribution >= 4 is 29.1 Å². The maximum atomic E-state index is 14.3. The number of fused-ring (bicyclic) bond motifs is 1. The largest absolute Gasteiger partial charge is 0.497 e. The molecule has 0 saturated heterocycles. The molecule has 1 atom stereocenters. The van der Waals surface area contributed by atoms with Crippen molar-refractivity contribution in [1.82, 2.24) is 14.3 Å². The lowest BCUT2D eigenvalue weighted by Crippen LogP contribution is -2.39. The van der Waals surface area contributed by atoms with Crippen LogP contribution >= 0.6 is 11.3 Å². The number of nitro groups is 1. The molecule has 0 amide bonds. The lowest BCUT2D eigenvalue weighted by molar-refractivity contribution is -0.385. The predicted molar refractivity (Wildman–Crippen MR) is 185 cm³/mol. The van der Waals surface area contributed by atoms with Crippen molar-refractivity contribution in [2.75, 3.05) is 20.3 Å². The van der Waals surface area contributed by atoms with E-state index in [1.807, 2.05) is 30.3 Å². The van der Waals surface area contributed by atoms with Gasteiger partial charge in [-0.2, -0.15) is 5.10 Å². The summed E-state index contributed by atoms with van der Waals surface area (Å²) in [6.07, 6.45) is 4.92. The molecular formula is C36H31N5O7S. The first-order valence-corrected chi connectivity index (χ1v) is 16.1. The van der Waals surface area contributed by atoms with Gasteiger partial charge in [-0.05, 0) is 61.9 Å². The Hall–Kier alpha value is -6.08. The summed E-state index contributed by atoms with van der Waals surface area (Å²) < 4.78 is 19.7. The SMILES string of the molecule is C=CCOC(=O)C1=C(C)N=c2s/c(=C\c3cn(-c4ccccc4)nc3-c3ccc(OCC)c([N+](=O)[O-])c3)c(=O)n2[C@@H]1c1ccc(OC)cc1. The first-order chi connectivity index (χ1) is 23.7. The van der Waals surface area contributed by atoms with Crippen LogP contribution in [0, 0.1) is 10.1 Å². The number of ether oxygens (including phenoxy) is 3. The number of thiazole rings is 1. The maximum Gasteiger partial charge on any atom is 0.338 e. The molecule has 3 heterocycles. The van der Waals surface area contributed by atoms with Gasteiger partial charge in [0, 0.05) is 23.4 Å². The molecule has 0 radical (unpaired) electrons. The summed E-state index contributed by atoms with van der Waals surface area (Å²) in [7, 11) is 1.56. The van der Waals surface area contributed by atoms with Crippen LogP contribution in [0.1, 0.15) is 31.0 Å². The molecule has 3 aromatic carbocycles. The van der Waals surface area contributed by atoms with Crippen molar-refractivity contribution in [1.29, 1.82) is 0 Å². The first kappa shape index (κ1) is 32.8. The van der Waals surface area contributed by atoms with E-state index in [1.54, 1.807) is 74.3 Å². The van der Waals surface area contributed by atoms with Gasteiger partial charge in [-0.25, -0.2) is 14.5 Å². The van der Waals surface area contributed by atoms with Crippen molar-refractivity contribution in [2.24, 2.45) is 4.99 Å². The maximum absolute atomic E-state index is 14.3. The fraction of sp³-hybridized carbons (Fsp3) is 0.167. The van der Waals surface area contributed by atoms with E-state index in [0.29, 0.717) is 43.2 Å². The summed E-state index contributed by atoms with van der Waals surface area (Å²) in [6.45, 7) is 7.34. The third-order valence-corrected chi connectivity index (χ3v) is 8.77. The molecule has 49 heavy (non-hydrogen) atoms. The number of carbonyl (C=O) groups is 1. The molecule has 0 saturated carbocycles. The first-order valence-electron chi connectivity index (χ1n) is 15.2. The van der Waals surface area contributed by atoms with Gasteiger partial charge >= 0.3 is 11.7 Å². The van der Waals surface area contributed by atoms with Crippen molar-refractivity contribution in [3.8, 4) is 28.4 Å². The zero-order valence-electron chi connectivity index (χ0n) is 26.9. The summed E-state index contributed by atoms with van der Waals surface area (Å²) in [5.41, 5.74) is 2.88. The van der Waals surface area contributed by atoms with Gasteiger partial charge in [0.25, 0.3) is 5.56 Å². The topological polar surface area (TPSA) is 140 Å². The average molecular weight is 678 g/mol. The van der Waals surface area contributed by atoms with Crippen LogP contribution < -0.4 is 24.4 Å². The lowest BCUT2D eigenvalue weighted by Gasteiger charge is -2.24. The molecule has 2 aromatic heterocycles. The normalized spacial score (nSPS) is 14.2. The minimum atomic E-state index is -0.832. The Kier molecular flexibility index (Phi) is 9.35. The fourth-order valence-electron chi connectivity index (χ4n) is 5.55. The van der Waals surface area contributed by atoms with Crippen LogP contribution in [-0.4, -0.2) is 45.6 Å². The van der Waals surface area contributed by atoms with Gasteiger partial charge in [0.1, 0.15) is 18.1 Å². The number of hydrogen-bond donors (Lipinski definition) is 0. The molecule has 13 heteroatoms. The van der Waals surface area contributed by atoms with Gasteiger partial charge in [-0.15, -0.1) is 0 Å². The number of aromatic nitrogens is 3. The van der Waals surface area contributed by atoms with Crippen molar-refractivity contribution in [3.63, 3.8) is 0 Å². The highest BCUT2D eigenvalue weighted by Crippen LogP contribution is 2.34. The van der Waals surface area contributed by atoms with Crippen molar-refractivity contribution < 1.29 is 23.9 Å². The van der Waals surface area contributed by atoms with Crippen LogP contribution in [0.5, 0.6) is 11.5 Å². The number of nitrogens with zero attached hydrogens (tertiary/aromatic N) is 5. The number of carbonyl (C=O) groups excluding carboxylic acids is 1. The second kappa shape index (κ2) is 14.0. The zero-order valence-corrected chi connectivity index (χ0v) is 27.7. The van der Waals surface area contributed by atoms with Gasteiger partial charge in [0.05, 0.1) is 46.2 Å². The Morgan fingerprint density at radius 1 is 1.12 bits per heavy atom. The van der Waals surface area contributed by atoms with E-state index in [0.717, 1.165) is 17.0 Å². The third kappa shape index (κ3) is 6.43. The minimum absolute atomic E-state index is 0.00669. The number of benzene rings is 3. The van der Waals surface area contributed by atoms with Gasteiger partial charge < -0.3 is 14.2 Å². The molecule has 0 aliphatic carbocycles. The third-order valence-electron chi connectivity index (χ3n) is 7.78. The molecule has 6 rings (SSSR count). The van der Waals surface area contributed by atoms with Crippen LogP contribution in [0.4, 0.5) is 5.69 Å². The number of para-hydroxylation sites is 1. The summed E-state index contributed by atoms with van der Waals surface area (Å²) >= 11 is 1.16. The van der Waals surface area contributed by atoms with E-state index in [4.69, 9.17) is 19.3 Å². The summed E-state index contributed by atoms with van der Waals surface area (Å²) in [5.74, 6) is 0.148. The van der Waals surface area contributed by atoms with Gasteiger partial charge in [0.15, 0.2) is 10.6 Å². The average Bonchev–Trinajstić information content (AvgIpc) is 3.67. The van der Waals surface area contributed by atoms with Gasteiger partial charge in [-0.1, -0.05) is 54.3 Å². The smallest absolute Gasteiger partial charge is 0.338 e. The highest BCUT2D eigenvalue weighted by Gasteiger charge is 2.33. The number of allylic oxidation sites excluding steroid dienone is 1.